The molecule has 4 nitrogen and oxygen atoms in total. The monoisotopic (exact) mass is 278 g/mol. The van der Waals surface area contributed by atoms with Crippen LogP contribution in [0.15, 0.2) is 24.3 Å². The zero-order chi connectivity index (χ0) is 14.4. The van der Waals surface area contributed by atoms with Crippen molar-refractivity contribution in [2.75, 3.05) is 51.9 Å². The Kier molecular flexibility index (Phi) is 5.26. The van der Waals surface area contributed by atoms with Crippen LogP contribution in [0.3, 0.4) is 0 Å². The van der Waals surface area contributed by atoms with Crippen molar-refractivity contribution in [2.45, 2.75) is 13.3 Å². The van der Waals surface area contributed by atoms with Crippen LogP contribution in [0.25, 0.3) is 0 Å². The first-order valence-electron chi connectivity index (χ1n) is 7.33. The Morgan fingerprint density at radius 2 is 2.30 bits per heavy atom. The van der Waals surface area contributed by atoms with Crippen LogP contribution in [0.5, 0.6) is 5.75 Å². The van der Waals surface area contributed by atoms with Gasteiger partial charge in [-0.05, 0) is 25.1 Å². The minimum Gasteiger partial charge on any atom is -0.497 e. The summed E-state index contributed by atoms with van der Waals surface area (Å²) >= 11 is 0. The van der Waals surface area contributed by atoms with Crippen molar-refractivity contribution >= 4 is 5.69 Å². The Morgan fingerprint density at radius 1 is 1.45 bits per heavy atom. The summed E-state index contributed by atoms with van der Waals surface area (Å²) in [5, 5.41) is 3.48. The first kappa shape index (κ1) is 15.1. The van der Waals surface area contributed by atoms with Crippen LogP contribution in [0.4, 0.5) is 5.69 Å². The lowest BCUT2D eigenvalue weighted by Gasteiger charge is -2.33. The molecular formula is C16H26N2O2. The van der Waals surface area contributed by atoms with Crippen molar-refractivity contribution in [3.8, 4) is 5.75 Å². The molecule has 0 radical (unpaired) electrons. The molecule has 0 saturated carbocycles. The standard InChI is InChI=1S/C16H26N2O2/c1-4-17-11-16(8-9-20-13-16)12-18(2)14-6-5-7-15(10-14)19-3/h5-7,10,17H,4,8-9,11-13H2,1-3H3. The Balaban J connectivity index is 2.05. The fourth-order valence-electron chi connectivity index (χ4n) is 2.80. The molecule has 0 amide bonds. The number of benzene rings is 1. The highest BCUT2D eigenvalue weighted by Gasteiger charge is 2.35. The lowest BCUT2D eigenvalue weighted by Crippen LogP contribution is -2.43. The minimum atomic E-state index is 0.216. The van der Waals surface area contributed by atoms with E-state index in [1.165, 1.54) is 5.69 Å². The van der Waals surface area contributed by atoms with Crippen molar-refractivity contribution < 1.29 is 9.47 Å². The van der Waals surface area contributed by atoms with E-state index in [0.717, 1.165) is 45.0 Å². The van der Waals surface area contributed by atoms with E-state index in [1.54, 1.807) is 7.11 Å². The van der Waals surface area contributed by atoms with Crippen LogP contribution in [-0.4, -0.2) is 47.0 Å². The van der Waals surface area contributed by atoms with Gasteiger partial charge in [-0.3, -0.25) is 0 Å². The van der Waals surface area contributed by atoms with Gasteiger partial charge in [0.2, 0.25) is 0 Å². The van der Waals surface area contributed by atoms with E-state index < -0.39 is 0 Å². The third-order valence-corrected chi connectivity index (χ3v) is 4.00. The number of nitrogens with one attached hydrogen (secondary N) is 1. The molecular weight excluding hydrogens is 252 g/mol. The van der Waals surface area contributed by atoms with Gasteiger partial charge in [-0.1, -0.05) is 13.0 Å². The van der Waals surface area contributed by atoms with Gasteiger partial charge in [-0.2, -0.15) is 0 Å². The summed E-state index contributed by atoms with van der Waals surface area (Å²) < 4.78 is 10.9. The molecule has 1 fully saturated rings. The van der Waals surface area contributed by atoms with Crippen LogP contribution in [0, 0.1) is 5.41 Å². The Hall–Kier alpha value is -1.26. The summed E-state index contributed by atoms with van der Waals surface area (Å²) in [4.78, 5) is 2.30. The predicted molar refractivity (Wildman–Crippen MR) is 82.7 cm³/mol. The van der Waals surface area contributed by atoms with Gasteiger partial charge in [0.05, 0.1) is 13.7 Å². The number of rotatable bonds is 7. The predicted octanol–water partition coefficient (Wildman–Crippen LogP) is 2.15. The molecule has 0 aromatic heterocycles. The van der Waals surface area contributed by atoms with Gasteiger partial charge in [0, 0.05) is 43.9 Å². The molecule has 2 rings (SSSR count). The number of methoxy groups -OCH3 is 1. The highest BCUT2D eigenvalue weighted by molar-refractivity contribution is 5.50. The van der Waals surface area contributed by atoms with Gasteiger partial charge in [0.25, 0.3) is 0 Å². The highest BCUT2D eigenvalue weighted by atomic mass is 16.5. The third-order valence-electron chi connectivity index (χ3n) is 4.00. The number of hydrogen-bond acceptors (Lipinski definition) is 4. The number of anilines is 1. The normalized spacial score (nSPS) is 21.9. The summed E-state index contributed by atoms with van der Waals surface area (Å²) in [5.74, 6) is 0.901. The topological polar surface area (TPSA) is 33.7 Å². The molecule has 1 saturated heterocycles. The average molecular weight is 278 g/mol. The van der Waals surface area contributed by atoms with Gasteiger partial charge in [-0.15, -0.1) is 0 Å². The second kappa shape index (κ2) is 6.95. The van der Waals surface area contributed by atoms with Crippen molar-refractivity contribution in [1.29, 1.82) is 0 Å². The number of hydrogen-bond donors (Lipinski definition) is 1. The van der Waals surface area contributed by atoms with Gasteiger partial charge in [-0.25, -0.2) is 0 Å². The van der Waals surface area contributed by atoms with E-state index in [-0.39, 0.29) is 5.41 Å². The Morgan fingerprint density at radius 3 is 2.95 bits per heavy atom. The van der Waals surface area contributed by atoms with Gasteiger partial charge < -0.3 is 19.7 Å². The summed E-state index contributed by atoms with van der Waals surface area (Å²) in [5.41, 5.74) is 1.40. The number of ether oxygens (including phenoxy) is 2. The van der Waals surface area contributed by atoms with E-state index in [0.29, 0.717) is 0 Å². The molecule has 0 spiro atoms. The van der Waals surface area contributed by atoms with Crippen molar-refractivity contribution in [3.63, 3.8) is 0 Å². The molecule has 1 aliphatic rings. The van der Waals surface area contributed by atoms with E-state index in [1.807, 2.05) is 12.1 Å². The fraction of sp³-hybridized carbons (Fsp3) is 0.625. The largest absolute Gasteiger partial charge is 0.497 e. The van der Waals surface area contributed by atoms with Crippen LogP contribution >= 0.6 is 0 Å². The summed E-state index contributed by atoms with van der Waals surface area (Å²) in [7, 11) is 3.84. The zero-order valence-corrected chi connectivity index (χ0v) is 12.8. The highest BCUT2D eigenvalue weighted by Crippen LogP contribution is 2.31. The molecule has 20 heavy (non-hydrogen) atoms. The SMILES string of the molecule is CCNCC1(CN(C)c2cccc(OC)c2)CCOC1. The molecule has 1 aromatic carbocycles. The maximum atomic E-state index is 5.65. The van der Waals surface area contributed by atoms with Crippen LogP contribution in [0.2, 0.25) is 0 Å². The second-order valence-electron chi connectivity index (χ2n) is 5.64. The first-order valence-corrected chi connectivity index (χ1v) is 7.33. The summed E-state index contributed by atoms with van der Waals surface area (Å²) in [6, 6.07) is 8.22. The quantitative estimate of drug-likeness (QED) is 0.828. The summed E-state index contributed by atoms with van der Waals surface area (Å²) in [6.45, 7) is 6.87. The molecule has 1 atom stereocenters. The minimum absolute atomic E-state index is 0.216. The second-order valence-corrected chi connectivity index (χ2v) is 5.64. The third kappa shape index (κ3) is 3.64. The van der Waals surface area contributed by atoms with Crippen molar-refractivity contribution in [3.05, 3.63) is 24.3 Å². The first-order chi connectivity index (χ1) is 9.69. The van der Waals surface area contributed by atoms with Crippen LogP contribution in [-0.2, 0) is 4.74 Å². The van der Waals surface area contributed by atoms with Crippen LogP contribution in [0.1, 0.15) is 13.3 Å². The zero-order valence-electron chi connectivity index (χ0n) is 12.8. The molecule has 0 aliphatic carbocycles. The molecule has 1 aliphatic heterocycles. The fourth-order valence-corrected chi connectivity index (χ4v) is 2.80. The van der Waals surface area contributed by atoms with Crippen molar-refractivity contribution in [2.24, 2.45) is 5.41 Å². The molecule has 112 valence electrons. The van der Waals surface area contributed by atoms with Gasteiger partial charge in [0.1, 0.15) is 5.75 Å². The van der Waals surface area contributed by atoms with Gasteiger partial charge >= 0.3 is 0 Å². The lowest BCUT2D eigenvalue weighted by atomic mass is 9.86. The molecule has 1 N–H and O–H groups in total. The maximum absolute atomic E-state index is 5.65. The van der Waals surface area contributed by atoms with Gasteiger partial charge in [0.15, 0.2) is 0 Å². The van der Waals surface area contributed by atoms with E-state index in [9.17, 15) is 0 Å². The number of nitrogens with zero attached hydrogens (tertiary/aromatic N) is 1. The molecule has 1 heterocycles. The van der Waals surface area contributed by atoms with Crippen molar-refractivity contribution in [1.82, 2.24) is 5.32 Å². The van der Waals surface area contributed by atoms with E-state index in [4.69, 9.17) is 9.47 Å². The lowest BCUT2D eigenvalue weighted by molar-refractivity contribution is 0.153. The summed E-state index contributed by atoms with van der Waals surface area (Å²) in [6.07, 6.45) is 1.12. The van der Waals surface area contributed by atoms with E-state index >= 15 is 0 Å². The smallest absolute Gasteiger partial charge is 0.120 e. The van der Waals surface area contributed by atoms with Crippen LogP contribution < -0.4 is 15.0 Å². The molecule has 4 heteroatoms. The molecule has 1 aromatic rings. The maximum Gasteiger partial charge on any atom is 0.120 e. The molecule has 1 unspecified atom stereocenters. The Labute approximate surface area is 122 Å². The van der Waals surface area contributed by atoms with E-state index in [2.05, 4.69) is 36.3 Å². The molecule has 0 bridgehead atoms. The average Bonchev–Trinajstić information content (AvgIpc) is 2.94. The Bertz CT molecular complexity index is 417.